The zero-order valence-corrected chi connectivity index (χ0v) is 14.8. The van der Waals surface area contributed by atoms with Crippen LogP contribution in [0.5, 0.6) is 0 Å². The second-order valence-corrected chi connectivity index (χ2v) is 9.53. The van der Waals surface area contributed by atoms with Crippen LogP contribution in [-0.4, -0.2) is 48.1 Å². The van der Waals surface area contributed by atoms with Gasteiger partial charge < -0.3 is 4.90 Å². The van der Waals surface area contributed by atoms with Gasteiger partial charge in [-0.15, -0.1) is 0 Å². The molecule has 118 valence electrons. The van der Waals surface area contributed by atoms with E-state index < -0.39 is 0 Å². The number of rotatable bonds is 1. The Hall–Kier alpha value is -0.0800. The predicted octanol–water partition coefficient (Wildman–Crippen LogP) is 4.01. The molecule has 0 radical (unpaired) electrons. The quantitative estimate of drug-likeness (QED) is 0.716. The van der Waals surface area contributed by atoms with Gasteiger partial charge in [-0.05, 0) is 76.9 Å². The number of nitrogens with zero attached hydrogens (tertiary/aromatic N) is 2. The molecule has 0 aromatic carbocycles. The Kier molecular flexibility index (Phi) is 4.57. The van der Waals surface area contributed by atoms with E-state index >= 15 is 0 Å². The maximum absolute atomic E-state index is 2.75. The summed E-state index contributed by atoms with van der Waals surface area (Å²) in [4.78, 5) is 5.43. The van der Waals surface area contributed by atoms with Crippen LogP contribution in [-0.2, 0) is 0 Å². The normalized spacial score (nSPS) is 26.1. The number of likely N-dealkylation sites (tertiary alicyclic amines) is 2. The minimum atomic E-state index is 0.349. The summed E-state index contributed by atoms with van der Waals surface area (Å²) in [5, 5.41) is 0. The molecule has 0 bridgehead atoms. The van der Waals surface area contributed by atoms with E-state index in [1.807, 2.05) is 0 Å². The molecular weight excluding hydrogens is 244 g/mol. The summed E-state index contributed by atoms with van der Waals surface area (Å²) in [5.74, 6) is 0. The van der Waals surface area contributed by atoms with Crippen LogP contribution in [0, 0.1) is 10.8 Å². The summed E-state index contributed by atoms with van der Waals surface area (Å²) in [6, 6.07) is 0. The standard InChI is InChI=1S/C18H36N2/c1-16(2,3)14-19-11-7-8-18(15-19)9-12-20(13-10-18)17(4,5)6/h7-15H2,1-6H3. The van der Waals surface area contributed by atoms with E-state index in [4.69, 9.17) is 0 Å². The fraction of sp³-hybridized carbons (Fsp3) is 1.00. The maximum atomic E-state index is 2.75. The fourth-order valence-electron chi connectivity index (χ4n) is 4.18. The average Bonchev–Trinajstić information content (AvgIpc) is 2.26. The number of piperidine rings is 2. The van der Waals surface area contributed by atoms with Crippen LogP contribution in [0.4, 0.5) is 0 Å². The van der Waals surface area contributed by atoms with Crippen LogP contribution in [0.2, 0.25) is 0 Å². The van der Waals surface area contributed by atoms with Crippen LogP contribution < -0.4 is 0 Å². The lowest BCUT2D eigenvalue weighted by atomic mass is 9.71. The summed E-state index contributed by atoms with van der Waals surface area (Å²) in [5.41, 5.74) is 1.41. The molecule has 0 aliphatic carbocycles. The first-order valence-electron chi connectivity index (χ1n) is 8.57. The van der Waals surface area contributed by atoms with Crippen molar-refractivity contribution >= 4 is 0 Å². The third-order valence-electron chi connectivity index (χ3n) is 5.21. The van der Waals surface area contributed by atoms with Gasteiger partial charge in [-0.25, -0.2) is 0 Å². The first kappa shape index (κ1) is 16.3. The smallest absolute Gasteiger partial charge is 0.0125 e. The first-order chi connectivity index (χ1) is 9.10. The Morgan fingerprint density at radius 1 is 0.850 bits per heavy atom. The van der Waals surface area contributed by atoms with E-state index in [1.54, 1.807) is 0 Å². The van der Waals surface area contributed by atoms with E-state index in [2.05, 4.69) is 51.3 Å². The van der Waals surface area contributed by atoms with Gasteiger partial charge in [-0.3, -0.25) is 4.90 Å². The third-order valence-corrected chi connectivity index (χ3v) is 5.21. The van der Waals surface area contributed by atoms with Crippen molar-refractivity contribution in [2.45, 2.75) is 72.8 Å². The Balaban J connectivity index is 1.92. The third kappa shape index (κ3) is 4.21. The highest BCUT2D eigenvalue weighted by molar-refractivity contribution is 4.94. The van der Waals surface area contributed by atoms with Crippen LogP contribution >= 0.6 is 0 Å². The average molecular weight is 281 g/mol. The van der Waals surface area contributed by atoms with E-state index in [1.165, 1.54) is 58.4 Å². The lowest BCUT2D eigenvalue weighted by Gasteiger charge is -2.51. The lowest BCUT2D eigenvalue weighted by Crippen LogP contribution is -2.54. The largest absolute Gasteiger partial charge is 0.302 e. The van der Waals surface area contributed by atoms with E-state index in [9.17, 15) is 0 Å². The van der Waals surface area contributed by atoms with E-state index in [-0.39, 0.29) is 0 Å². The van der Waals surface area contributed by atoms with Gasteiger partial charge in [-0.1, -0.05) is 20.8 Å². The minimum Gasteiger partial charge on any atom is -0.302 e. The number of hydrogen-bond acceptors (Lipinski definition) is 2. The molecule has 0 aromatic rings. The van der Waals surface area contributed by atoms with Crippen molar-refractivity contribution in [3.8, 4) is 0 Å². The number of hydrogen-bond donors (Lipinski definition) is 0. The van der Waals surface area contributed by atoms with Crippen LogP contribution in [0.15, 0.2) is 0 Å². The highest BCUT2D eigenvalue weighted by atomic mass is 15.2. The summed E-state index contributed by atoms with van der Waals surface area (Å²) in [6.07, 6.45) is 5.69. The van der Waals surface area contributed by atoms with Gasteiger partial charge in [-0.2, -0.15) is 0 Å². The molecule has 0 aromatic heterocycles. The van der Waals surface area contributed by atoms with Crippen molar-refractivity contribution < 1.29 is 0 Å². The highest BCUT2D eigenvalue weighted by Crippen LogP contribution is 2.41. The molecule has 2 heteroatoms. The zero-order chi connectivity index (χ0) is 15.0. The van der Waals surface area contributed by atoms with Crippen molar-refractivity contribution in [3.05, 3.63) is 0 Å². The van der Waals surface area contributed by atoms with Gasteiger partial charge in [0, 0.05) is 18.6 Å². The fourth-order valence-corrected chi connectivity index (χ4v) is 4.18. The molecule has 2 rings (SSSR count). The monoisotopic (exact) mass is 280 g/mol. The summed E-state index contributed by atoms with van der Waals surface area (Å²) < 4.78 is 0. The molecule has 0 N–H and O–H groups in total. The molecule has 0 saturated carbocycles. The van der Waals surface area contributed by atoms with Gasteiger partial charge in [0.25, 0.3) is 0 Å². The Labute approximate surface area is 126 Å². The van der Waals surface area contributed by atoms with Crippen LogP contribution in [0.25, 0.3) is 0 Å². The molecule has 0 atom stereocenters. The molecule has 2 saturated heterocycles. The van der Waals surface area contributed by atoms with Gasteiger partial charge in [0.2, 0.25) is 0 Å². The van der Waals surface area contributed by atoms with Crippen molar-refractivity contribution in [3.63, 3.8) is 0 Å². The van der Waals surface area contributed by atoms with E-state index in [0.717, 1.165) is 0 Å². The highest BCUT2D eigenvalue weighted by Gasteiger charge is 2.40. The molecular formula is C18H36N2. The van der Waals surface area contributed by atoms with Crippen molar-refractivity contribution in [2.75, 3.05) is 32.7 Å². The second kappa shape index (κ2) is 5.61. The Morgan fingerprint density at radius 2 is 1.45 bits per heavy atom. The maximum Gasteiger partial charge on any atom is 0.0125 e. The van der Waals surface area contributed by atoms with Gasteiger partial charge >= 0.3 is 0 Å². The van der Waals surface area contributed by atoms with Crippen molar-refractivity contribution in [2.24, 2.45) is 10.8 Å². The predicted molar refractivity (Wildman–Crippen MR) is 88.1 cm³/mol. The molecule has 1 spiro atoms. The van der Waals surface area contributed by atoms with Crippen LogP contribution in [0.1, 0.15) is 67.2 Å². The van der Waals surface area contributed by atoms with Gasteiger partial charge in [0.05, 0.1) is 0 Å². The SMILES string of the molecule is CC(C)(C)CN1CCCC2(CCN(C(C)(C)C)CC2)C1. The minimum absolute atomic E-state index is 0.349. The Morgan fingerprint density at radius 3 is 1.95 bits per heavy atom. The Bertz CT molecular complexity index is 313. The summed E-state index contributed by atoms with van der Waals surface area (Å²) in [7, 11) is 0. The first-order valence-corrected chi connectivity index (χ1v) is 8.57. The lowest BCUT2D eigenvalue weighted by molar-refractivity contribution is -0.0116. The molecule has 2 nitrogen and oxygen atoms in total. The molecule has 2 aliphatic rings. The molecule has 2 aliphatic heterocycles. The van der Waals surface area contributed by atoms with Gasteiger partial charge in [0.15, 0.2) is 0 Å². The topological polar surface area (TPSA) is 6.48 Å². The molecule has 20 heavy (non-hydrogen) atoms. The second-order valence-electron chi connectivity index (χ2n) is 9.53. The van der Waals surface area contributed by atoms with Crippen molar-refractivity contribution in [1.82, 2.24) is 9.80 Å². The molecule has 2 heterocycles. The summed E-state index contributed by atoms with van der Waals surface area (Å²) in [6.45, 7) is 20.7. The molecule has 2 fully saturated rings. The van der Waals surface area contributed by atoms with Crippen molar-refractivity contribution in [1.29, 1.82) is 0 Å². The van der Waals surface area contributed by atoms with E-state index in [0.29, 0.717) is 16.4 Å². The van der Waals surface area contributed by atoms with Gasteiger partial charge in [0.1, 0.15) is 0 Å². The van der Waals surface area contributed by atoms with Crippen LogP contribution in [0.3, 0.4) is 0 Å². The zero-order valence-electron chi connectivity index (χ0n) is 14.8. The molecule has 0 amide bonds. The molecule has 0 unspecified atom stereocenters. The summed E-state index contributed by atoms with van der Waals surface area (Å²) >= 11 is 0.